The van der Waals surface area contributed by atoms with E-state index in [1.165, 1.54) is 4.90 Å². The lowest BCUT2D eigenvalue weighted by Gasteiger charge is -2.27. The van der Waals surface area contributed by atoms with Crippen molar-refractivity contribution in [1.29, 1.82) is 0 Å². The molecule has 6 nitrogen and oxygen atoms in total. The van der Waals surface area contributed by atoms with E-state index in [0.717, 1.165) is 32.1 Å². The largest absolute Gasteiger partial charge is 0.480 e. The number of rotatable bonds is 6. The van der Waals surface area contributed by atoms with Crippen molar-refractivity contribution in [2.75, 3.05) is 20.3 Å². The standard InChI is InChI=1S/C15H26N2O4/c1-3-5-11(9-21-2)16-15(20)17-8-10-6-4-7-12(10)13(17)14(18)19/h10-13H,3-9H2,1-2H3,(H,16,20)(H,18,19). The van der Waals surface area contributed by atoms with Gasteiger partial charge in [0.15, 0.2) is 0 Å². The van der Waals surface area contributed by atoms with Crippen LogP contribution >= 0.6 is 0 Å². The molecular formula is C15H26N2O4. The number of carboxylic acid groups (broad SMARTS) is 1. The van der Waals surface area contributed by atoms with Crippen molar-refractivity contribution in [3.8, 4) is 0 Å². The summed E-state index contributed by atoms with van der Waals surface area (Å²) in [5.41, 5.74) is 0. The minimum absolute atomic E-state index is 0.0533. The number of carbonyl (C=O) groups excluding carboxylic acids is 1. The molecule has 120 valence electrons. The summed E-state index contributed by atoms with van der Waals surface area (Å²) in [5.74, 6) is -0.400. The quantitative estimate of drug-likeness (QED) is 0.782. The number of ether oxygens (including phenoxy) is 1. The van der Waals surface area contributed by atoms with Crippen molar-refractivity contribution in [3.05, 3.63) is 0 Å². The number of hydrogen-bond acceptors (Lipinski definition) is 3. The first-order chi connectivity index (χ1) is 10.1. The average molecular weight is 298 g/mol. The van der Waals surface area contributed by atoms with Crippen LogP contribution in [0.2, 0.25) is 0 Å². The van der Waals surface area contributed by atoms with Crippen molar-refractivity contribution in [2.24, 2.45) is 11.8 Å². The zero-order valence-corrected chi connectivity index (χ0v) is 12.9. The van der Waals surface area contributed by atoms with Crippen LogP contribution in [0.25, 0.3) is 0 Å². The third-order valence-corrected chi connectivity index (χ3v) is 4.74. The molecule has 21 heavy (non-hydrogen) atoms. The van der Waals surface area contributed by atoms with Gasteiger partial charge in [-0.15, -0.1) is 0 Å². The third kappa shape index (κ3) is 3.48. The molecule has 0 bridgehead atoms. The fourth-order valence-corrected chi connectivity index (χ4v) is 3.84. The lowest BCUT2D eigenvalue weighted by atomic mass is 9.94. The van der Waals surface area contributed by atoms with Crippen molar-refractivity contribution in [3.63, 3.8) is 0 Å². The molecule has 0 aromatic carbocycles. The Morgan fingerprint density at radius 3 is 2.81 bits per heavy atom. The predicted octanol–water partition coefficient (Wildman–Crippen LogP) is 1.70. The molecule has 1 heterocycles. The van der Waals surface area contributed by atoms with Crippen molar-refractivity contribution in [1.82, 2.24) is 10.2 Å². The number of nitrogens with zero attached hydrogens (tertiary/aromatic N) is 1. The number of aliphatic carboxylic acids is 1. The second-order valence-electron chi connectivity index (χ2n) is 6.18. The molecule has 0 aromatic rings. The summed E-state index contributed by atoms with van der Waals surface area (Å²) < 4.78 is 5.12. The van der Waals surface area contributed by atoms with E-state index in [0.29, 0.717) is 19.1 Å². The lowest BCUT2D eigenvalue weighted by Crippen LogP contribution is -2.51. The van der Waals surface area contributed by atoms with Crippen LogP contribution < -0.4 is 5.32 Å². The summed E-state index contributed by atoms with van der Waals surface area (Å²) in [4.78, 5) is 25.5. The average Bonchev–Trinajstić information content (AvgIpc) is 2.98. The van der Waals surface area contributed by atoms with Crippen molar-refractivity contribution in [2.45, 2.75) is 51.1 Å². The predicted molar refractivity (Wildman–Crippen MR) is 78.1 cm³/mol. The summed E-state index contributed by atoms with van der Waals surface area (Å²) in [6.07, 6.45) is 4.81. The molecule has 2 fully saturated rings. The van der Waals surface area contributed by atoms with E-state index in [9.17, 15) is 14.7 Å². The first-order valence-corrected chi connectivity index (χ1v) is 7.87. The van der Waals surface area contributed by atoms with Gasteiger partial charge in [-0.1, -0.05) is 19.8 Å². The maximum Gasteiger partial charge on any atom is 0.326 e. The maximum absolute atomic E-state index is 12.4. The number of hydrogen-bond donors (Lipinski definition) is 2. The fraction of sp³-hybridized carbons (Fsp3) is 0.867. The normalized spacial score (nSPS) is 29.2. The van der Waals surface area contributed by atoms with Gasteiger partial charge in [0.2, 0.25) is 0 Å². The third-order valence-electron chi connectivity index (χ3n) is 4.74. The summed E-state index contributed by atoms with van der Waals surface area (Å²) >= 11 is 0. The number of fused-ring (bicyclic) bond motifs is 1. The Bertz CT molecular complexity index is 382. The summed E-state index contributed by atoms with van der Waals surface area (Å²) in [7, 11) is 1.61. The van der Waals surface area contributed by atoms with Crippen molar-refractivity contribution >= 4 is 12.0 Å². The van der Waals surface area contributed by atoms with Gasteiger partial charge in [0.1, 0.15) is 6.04 Å². The molecule has 0 spiro atoms. The first-order valence-electron chi connectivity index (χ1n) is 7.87. The van der Waals surface area contributed by atoms with E-state index in [1.807, 2.05) is 0 Å². The Labute approximate surface area is 125 Å². The molecule has 2 aliphatic rings. The molecule has 2 amide bonds. The molecule has 6 heteroatoms. The van der Waals surface area contributed by atoms with E-state index in [4.69, 9.17) is 4.74 Å². The Balaban J connectivity index is 2.01. The van der Waals surface area contributed by atoms with Gasteiger partial charge in [-0.25, -0.2) is 9.59 Å². The smallest absolute Gasteiger partial charge is 0.326 e. The maximum atomic E-state index is 12.4. The number of likely N-dealkylation sites (tertiary alicyclic amines) is 1. The van der Waals surface area contributed by atoms with Crippen LogP contribution in [0.1, 0.15) is 39.0 Å². The monoisotopic (exact) mass is 298 g/mol. The van der Waals surface area contributed by atoms with Gasteiger partial charge in [-0.3, -0.25) is 0 Å². The molecule has 2 rings (SSSR count). The topological polar surface area (TPSA) is 78.9 Å². The fourth-order valence-electron chi connectivity index (χ4n) is 3.84. The van der Waals surface area contributed by atoms with Crippen LogP contribution in [0.15, 0.2) is 0 Å². The van der Waals surface area contributed by atoms with Gasteiger partial charge in [0.25, 0.3) is 0 Å². The molecule has 4 unspecified atom stereocenters. The van der Waals surface area contributed by atoms with Crippen LogP contribution in [0.5, 0.6) is 0 Å². The highest BCUT2D eigenvalue weighted by molar-refractivity contribution is 5.84. The molecule has 1 saturated heterocycles. The van der Waals surface area contributed by atoms with Crippen LogP contribution in [0.3, 0.4) is 0 Å². The van der Waals surface area contributed by atoms with E-state index in [2.05, 4.69) is 12.2 Å². The lowest BCUT2D eigenvalue weighted by molar-refractivity contribution is -0.142. The highest BCUT2D eigenvalue weighted by atomic mass is 16.5. The van der Waals surface area contributed by atoms with Gasteiger partial charge in [-0.05, 0) is 31.1 Å². The van der Waals surface area contributed by atoms with E-state index >= 15 is 0 Å². The summed E-state index contributed by atoms with van der Waals surface area (Å²) in [5, 5.41) is 12.4. The van der Waals surface area contributed by atoms with E-state index < -0.39 is 12.0 Å². The number of carbonyl (C=O) groups is 2. The molecule has 1 saturated carbocycles. The SMILES string of the molecule is CCCC(COC)NC(=O)N1CC2CCCC2C1C(=O)O. The minimum Gasteiger partial charge on any atom is -0.480 e. The summed E-state index contributed by atoms with van der Waals surface area (Å²) in [6, 6.07) is -0.975. The molecule has 1 aliphatic heterocycles. The van der Waals surface area contributed by atoms with Gasteiger partial charge >= 0.3 is 12.0 Å². The van der Waals surface area contributed by atoms with Gasteiger partial charge in [-0.2, -0.15) is 0 Å². The number of carboxylic acids is 1. The molecule has 2 N–H and O–H groups in total. The molecule has 1 aliphatic carbocycles. The van der Waals surface area contributed by atoms with Crippen LogP contribution in [-0.4, -0.2) is 54.4 Å². The number of amides is 2. The number of urea groups is 1. The highest BCUT2D eigenvalue weighted by Crippen LogP contribution is 2.42. The molecular weight excluding hydrogens is 272 g/mol. The molecule has 0 aromatic heterocycles. The van der Waals surface area contributed by atoms with Crippen LogP contribution in [-0.2, 0) is 9.53 Å². The Morgan fingerprint density at radius 1 is 1.43 bits per heavy atom. The number of nitrogens with one attached hydrogen (secondary N) is 1. The molecule has 0 radical (unpaired) electrons. The van der Waals surface area contributed by atoms with Gasteiger partial charge in [0, 0.05) is 13.7 Å². The van der Waals surface area contributed by atoms with E-state index in [-0.39, 0.29) is 18.0 Å². The van der Waals surface area contributed by atoms with E-state index in [1.54, 1.807) is 7.11 Å². The van der Waals surface area contributed by atoms with Gasteiger partial charge in [0.05, 0.1) is 12.6 Å². The zero-order valence-electron chi connectivity index (χ0n) is 12.9. The number of methoxy groups -OCH3 is 1. The first kappa shape index (κ1) is 16.1. The van der Waals surface area contributed by atoms with Crippen molar-refractivity contribution < 1.29 is 19.4 Å². The Kier molecular flexibility index (Phi) is 5.45. The Hall–Kier alpha value is -1.30. The second kappa shape index (κ2) is 7.11. The zero-order chi connectivity index (χ0) is 15.4. The molecule has 4 atom stereocenters. The van der Waals surface area contributed by atoms with Crippen LogP contribution in [0.4, 0.5) is 4.79 Å². The second-order valence-corrected chi connectivity index (χ2v) is 6.18. The Morgan fingerprint density at radius 2 is 2.19 bits per heavy atom. The minimum atomic E-state index is -0.877. The van der Waals surface area contributed by atoms with Gasteiger partial charge < -0.3 is 20.1 Å². The van der Waals surface area contributed by atoms with Crippen LogP contribution in [0, 0.1) is 11.8 Å². The highest BCUT2D eigenvalue weighted by Gasteiger charge is 2.49. The summed E-state index contributed by atoms with van der Waals surface area (Å²) in [6.45, 7) is 3.08.